The SMILES string of the molecule is CN(Cc1ccc(N(C)C)cc1)C(=O)c1cncn1-c1ccccc1. The number of hydrogen-bond acceptors (Lipinski definition) is 3. The summed E-state index contributed by atoms with van der Waals surface area (Å²) in [6, 6.07) is 18.0. The van der Waals surface area contributed by atoms with Crippen molar-refractivity contribution in [3.8, 4) is 5.69 Å². The zero-order chi connectivity index (χ0) is 17.8. The zero-order valence-corrected chi connectivity index (χ0v) is 14.8. The van der Waals surface area contributed by atoms with Gasteiger partial charge in [0.15, 0.2) is 0 Å². The van der Waals surface area contributed by atoms with Crippen molar-refractivity contribution in [3.63, 3.8) is 0 Å². The van der Waals surface area contributed by atoms with E-state index in [1.54, 1.807) is 17.4 Å². The van der Waals surface area contributed by atoms with Gasteiger partial charge in [0.2, 0.25) is 0 Å². The lowest BCUT2D eigenvalue weighted by Gasteiger charge is -2.19. The third-order valence-electron chi connectivity index (χ3n) is 4.11. The Hall–Kier alpha value is -3.08. The summed E-state index contributed by atoms with van der Waals surface area (Å²) >= 11 is 0. The van der Waals surface area contributed by atoms with Crippen LogP contribution < -0.4 is 4.90 Å². The number of amides is 1. The first kappa shape index (κ1) is 16.8. The van der Waals surface area contributed by atoms with E-state index < -0.39 is 0 Å². The molecule has 2 aromatic carbocycles. The number of nitrogens with zero attached hydrogens (tertiary/aromatic N) is 4. The molecule has 0 atom stereocenters. The highest BCUT2D eigenvalue weighted by molar-refractivity contribution is 5.92. The maximum Gasteiger partial charge on any atom is 0.272 e. The minimum Gasteiger partial charge on any atom is -0.378 e. The van der Waals surface area contributed by atoms with Crippen LogP contribution in [-0.2, 0) is 6.54 Å². The van der Waals surface area contributed by atoms with E-state index in [-0.39, 0.29) is 5.91 Å². The molecule has 3 aromatic rings. The van der Waals surface area contributed by atoms with Gasteiger partial charge in [0.1, 0.15) is 5.69 Å². The second-order valence-corrected chi connectivity index (χ2v) is 6.21. The Balaban J connectivity index is 1.76. The fourth-order valence-corrected chi connectivity index (χ4v) is 2.69. The maximum absolute atomic E-state index is 12.8. The molecule has 0 aliphatic rings. The van der Waals surface area contributed by atoms with E-state index in [1.165, 1.54) is 0 Å². The molecule has 0 unspecified atom stereocenters. The molecule has 5 heteroatoms. The summed E-state index contributed by atoms with van der Waals surface area (Å²) in [7, 11) is 5.83. The predicted octanol–water partition coefficient (Wildman–Crippen LogP) is 3.21. The number of anilines is 1. The molecule has 0 saturated heterocycles. The number of aromatic nitrogens is 2. The van der Waals surface area contributed by atoms with E-state index in [0.29, 0.717) is 12.2 Å². The molecule has 1 amide bonds. The quantitative estimate of drug-likeness (QED) is 0.719. The Kier molecular flexibility index (Phi) is 4.84. The van der Waals surface area contributed by atoms with Crippen LogP contribution in [-0.4, -0.2) is 41.5 Å². The van der Waals surface area contributed by atoms with Crippen LogP contribution in [0.5, 0.6) is 0 Å². The van der Waals surface area contributed by atoms with E-state index >= 15 is 0 Å². The average Bonchev–Trinajstić information content (AvgIpc) is 3.12. The molecule has 0 bridgehead atoms. The van der Waals surface area contributed by atoms with Crippen LogP contribution in [0.1, 0.15) is 16.1 Å². The van der Waals surface area contributed by atoms with Gasteiger partial charge in [-0.05, 0) is 29.8 Å². The molecule has 0 fully saturated rings. The minimum atomic E-state index is -0.0574. The van der Waals surface area contributed by atoms with E-state index in [4.69, 9.17) is 0 Å². The molecule has 128 valence electrons. The molecule has 1 aromatic heterocycles. The molecule has 25 heavy (non-hydrogen) atoms. The van der Waals surface area contributed by atoms with Gasteiger partial charge >= 0.3 is 0 Å². The topological polar surface area (TPSA) is 41.4 Å². The van der Waals surface area contributed by atoms with E-state index in [0.717, 1.165) is 16.9 Å². The molecular weight excluding hydrogens is 312 g/mol. The first-order valence-electron chi connectivity index (χ1n) is 8.16. The van der Waals surface area contributed by atoms with Crippen molar-refractivity contribution in [1.29, 1.82) is 0 Å². The molecular formula is C20H22N4O. The molecule has 1 heterocycles. The van der Waals surface area contributed by atoms with Crippen LogP contribution in [0.2, 0.25) is 0 Å². The molecule has 0 aliphatic heterocycles. The number of benzene rings is 2. The van der Waals surface area contributed by atoms with Crippen LogP contribution in [0.25, 0.3) is 5.69 Å². The first-order chi connectivity index (χ1) is 12.1. The van der Waals surface area contributed by atoms with Gasteiger partial charge in [-0.1, -0.05) is 30.3 Å². The van der Waals surface area contributed by atoms with Gasteiger partial charge in [-0.25, -0.2) is 4.98 Å². The standard InChI is InChI=1S/C20H22N4O/c1-22(2)17-11-9-16(10-12-17)14-23(3)20(25)19-13-21-15-24(19)18-7-5-4-6-8-18/h4-13,15H,14H2,1-3H3. The summed E-state index contributed by atoms with van der Waals surface area (Å²) in [5.74, 6) is -0.0574. The second kappa shape index (κ2) is 7.21. The van der Waals surface area contributed by atoms with Gasteiger partial charge in [0.05, 0.1) is 12.5 Å². The van der Waals surface area contributed by atoms with Gasteiger partial charge in [-0.2, -0.15) is 0 Å². The summed E-state index contributed by atoms with van der Waals surface area (Å²) in [4.78, 5) is 20.7. The lowest BCUT2D eigenvalue weighted by atomic mass is 10.2. The normalized spacial score (nSPS) is 10.5. The number of rotatable bonds is 5. The van der Waals surface area contributed by atoms with Crippen LogP contribution in [0.4, 0.5) is 5.69 Å². The van der Waals surface area contributed by atoms with Crippen molar-refractivity contribution in [2.24, 2.45) is 0 Å². The summed E-state index contributed by atoms with van der Waals surface area (Å²) in [5.41, 5.74) is 3.71. The van der Waals surface area contributed by atoms with Crippen LogP contribution in [0.3, 0.4) is 0 Å². The van der Waals surface area contributed by atoms with Crippen molar-refractivity contribution >= 4 is 11.6 Å². The van der Waals surface area contributed by atoms with Crippen molar-refractivity contribution in [1.82, 2.24) is 14.5 Å². The fraction of sp³-hybridized carbons (Fsp3) is 0.200. The minimum absolute atomic E-state index is 0.0574. The number of hydrogen-bond donors (Lipinski definition) is 0. The average molecular weight is 334 g/mol. The van der Waals surface area contributed by atoms with Gasteiger partial charge in [-0.3, -0.25) is 9.36 Å². The van der Waals surface area contributed by atoms with Gasteiger partial charge in [-0.15, -0.1) is 0 Å². The predicted molar refractivity (Wildman–Crippen MR) is 100 cm³/mol. The number of carbonyl (C=O) groups is 1. The lowest BCUT2D eigenvalue weighted by Crippen LogP contribution is -2.28. The summed E-state index contributed by atoms with van der Waals surface area (Å²) in [6.07, 6.45) is 3.28. The second-order valence-electron chi connectivity index (χ2n) is 6.21. The van der Waals surface area contributed by atoms with Crippen LogP contribution >= 0.6 is 0 Å². The first-order valence-corrected chi connectivity index (χ1v) is 8.16. The Morgan fingerprint density at radius 2 is 1.68 bits per heavy atom. The Morgan fingerprint density at radius 1 is 1.00 bits per heavy atom. The largest absolute Gasteiger partial charge is 0.378 e. The smallest absolute Gasteiger partial charge is 0.272 e. The molecule has 3 rings (SSSR count). The lowest BCUT2D eigenvalue weighted by molar-refractivity contribution is 0.0777. The summed E-state index contributed by atoms with van der Waals surface area (Å²) < 4.78 is 1.81. The number of para-hydroxylation sites is 1. The van der Waals surface area contributed by atoms with E-state index in [9.17, 15) is 4.79 Å². The fourth-order valence-electron chi connectivity index (χ4n) is 2.69. The van der Waals surface area contributed by atoms with Crippen molar-refractivity contribution < 1.29 is 4.79 Å². The molecule has 0 aliphatic carbocycles. The molecule has 0 spiro atoms. The third kappa shape index (κ3) is 3.71. The third-order valence-corrected chi connectivity index (χ3v) is 4.11. The monoisotopic (exact) mass is 334 g/mol. The number of imidazole rings is 1. The Labute approximate surface area is 148 Å². The molecule has 0 radical (unpaired) electrons. The number of carbonyl (C=O) groups excluding carboxylic acids is 1. The highest BCUT2D eigenvalue weighted by atomic mass is 16.2. The van der Waals surface area contributed by atoms with Gasteiger partial charge < -0.3 is 9.80 Å². The highest BCUT2D eigenvalue weighted by Gasteiger charge is 2.17. The Bertz CT molecular complexity index is 838. The highest BCUT2D eigenvalue weighted by Crippen LogP contribution is 2.16. The van der Waals surface area contributed by atoms with Crippen molar-refractivity contribution in [2.75, 3.05) is 26.0 Å². The Morgan fingerprint density at radius 3 is 2.32 bits per heavy atom. The van der Waals surface area contributed by atoms with Gasteiger partial charge in [0.25, 0.3) is 5.91 Å². The van der Waals surface area contributed by atoms with Crippen LogP contribution in [0.15, 0.2) is 67.1 Å². The van der Waals surface area contributed by atoms with Gasteiger partial charge in [0, 0.05) is 39.1 Å². The molecule has 5 nitrogen and oxygen atoms in total. The van der Waals surface area contributed by atoms with E-state index in [2.05, 4.69) is 22.0 Å². The zero-order valence-electron chi connectivity index (χ0n) is 14.8. The maximum atomic E-state index is 12.8. The summed E-state index contributed by atoms with van der Waals surface area (Å²) in [5, 5.41) is 0. The summed E-state index contributed by atoms with van der Waals surface area (Å²) in [6.45, 7) is 0.548. The molecule has 0 N–H and O–H groups in total. The molecule has 0 saturated carbocycles. The van der Waals surface area contributed by atoms with E-state index in [1.807, 2.05) is 68.2 Å². The van der Waals surface area contributed by atoms with Crippen molar-refractivity contribution in [2.45, 2.75) is 6.54 Å². The van der Waals surface area contributed by atoms with Crippen LogP contribution in [0, 0.1) is 0 Å². The van der Waals surface area contributed by atoms with Crippen molar-refractivity contribution in [3.05, 3.63) is 78.4 Å².